The van der Waals surface area contributed by atoms with E-state index in [1.807, 2.05) is 0 Å². The first-order chi connectivity index (χ1) is 10.3. The van der Waals surface area contributed by atoms with Crippen molar-refractivity contribution in [2.45, 2.75) is 32.1 Å². The molecule has 8 heteroatoms. The summed E-state index contributed by atoms with van der Waals surface area (Å²) in [6, 6.07) is 0.857. The average Bonchev–Trinajstić information content (AvgIpc) is 2.45. The van der Waals surface area contributed by atoms with Gasteiger partial charge in [-0.2, -0.15) is 13.2 Å². The molecule has 1 atom stereocenters. The van der Waals surface area contributed by atoms with E-state index in [0.717, 1.165) is 18.8 Å². The number of pyridine rings is 1. The lowest BCUT2D eigenvalue weighted by Crippen LogP contribution is -2.61. The molecule has 0 unspecified atom stereocenters. The Kier molecular flexibility index (Phi) is 3.51. The van der Waals surface area contributed by atoms with Crippen LogP contribution in [0.15, 0.2) is 12.3 Å². The summed E-state index contributed by atoms with van der Waals surface area (Å²) in [5, 5.41) is 2.56. The molecule has 0 aliphatic carbocycles. The zero-order valence-electron chi connectivity index (χ0n) is 12.3. The van der Waals surface area contributed by atoms with Crippen LogP contribution in [-0.2, 0) is 11.0 Å². The van der Waals surface area contributed by atoms with E-state index in [2.05, 4.69) is 29.0 Å². The molecule has 0 saturated carbocycles. The van der Waals surface area contributed by atoms with Crippen LogP contribution in [0.2, 0.25) is 0 Å². The number of rotatable bonds is 1. The topological polar surface area (TPSA) is 48.5 Å². The van der Waals surface area contributed by atoms with Crippen LogP contribution in [0.25, 0.3) is 0 Å². The lowest BCUT2D eigenvalue weighted by atomic mass is 10.1. The largest absolute Gasteiger partial charge is 0.417 e. The molecular formula is C14H17F3N4O. The Labute approximate surface area is 126 Å². The predicted octanol–water partition coefficient (Wildman–Crippen LogP) is 1.95. The van der Waals surface area contributed by atoms with Crippen LogP contribution in [0.1, 0.15) is 19.4 Å². The van der Waals surface area contributed by atoms with E-state index in [1.165, 1.54) is 0 Å². The number of halogens is 3. The average molecular weight is 314 g/mol. The Morgan fingerprint density at radius 1 is 1.36 bits per heavy atom. The van der Waals surface area contributed by atoms with Gasteiger partial charge >= 0.3 is 6.18 Å². The van der Waals surface area contributed by atoms with Crippen LogP contribution in [0.5, 0.6) is 0 Å². The van der Waals surface area contributed by atoms with Crippen LogP contribution in [0.3, 0.4) is 0 Å². The number of nitrogens with zero attached hydrogens (tertiary/aromatic N) is 3. The molecule has 1 amide bonds. The standard InChI is InChI=1S/C14H17F3N4O/c1-8(2)20-3-4-21-11(7-20)13(22)19-10-5-9(14(15,16)17)6-18-12(10)21/h5-6,8,11H,3-4,7H2,1-2H3,(H,19,22)/t11-/m1/s1. The third-order valence-corrected chi connectivity index (χ3v) is 4.17. The minimum Gasteiger partial charge on any atom is -0.340 e. The monoisotopic (exact) mass is 314 g/mol. The number of hydrogen-bond donors (Lipinski definition) is 1. The summed E-state index contributed by atoms with van der Waals surface area (Å²) in [7, 11) is 0. The van der Waals surface area contributed by atoms with Gasteiger partial charge < -0.3 is 10.2 Å². The SMILES string of the molecule is CC(C)N1CCN2c3ncc(C(F)(F)F)cc3NC(=O)[C@H]2C1. The molecule has 1 N–H and O–H groups in total. The number of fused-ring (bicyclic) bond motifs is 3. The third-order valence-electron chi connectivity index (χ3n) is 4.17. The highest BCUT2D eigenvalue weighted by molar-refractivity contribution is 6.03. The van der Waals surface area contributed by atoms with Gasteiger partial charge in [0.1, 0.15) is 6.04 Å². The fourth-order valence-corrected chi connectivity index (χ4v) is 2.90. The van der Waals surface area contributed by atoms with Crippen molar-refractivity contribution in [1.82, 2.24) is 9.88 Å². The zero-order chi connectivity index (χ0) is 16.1. The van der Waals surface area contributed by atoms with E-state index in [-0.39, 0.29) is 11.6 Å². The molecule has 1 aromatic rings. The summed E-state index contributed by atoms with van der Waals surface area (Å²) in [5.74, 6) is 0.139. The molecule has 5 nitrogen and oxygen atoms in total. The summed E-state index contributed by atoms with van der Waals surface area (Å²) in [4.78, 5) is 20.2. The molecule has 3 heterocycles. The maximum absolute atomic E-state index is 12.8. The van der Waals surface area contributed by atoms with E-state index in [4.69, 9.17) is 0 Å². The van der Waals surface area contributed by atoms with Gasteiger partial charge in [0.15, 0.2) is 5.82 Å². The van der Waals surface area contributed by atoms with Crippen LogP contribution < -0.4 is 10.2 Å². The molecule has 22 heavy (non-hydrogen) atoms. The fraction of sp³-hybridized carbons (Fsp3) is 0.571. The molecule has 1 aromatic heterocycles. The van der Waals surface area contributed by atoms with Gasteiger partial charge in [0, 0.05) is 31.9 Å². The summed E-state index contributed by atoms with van der Waals surface area (Å²) in [5.41, 5.74) is -0.722. The number of carbonyl (C=O) groups is 1. The second kappa shape index (κ2) is 5.12. The molecule has 0 bridgehead atoms. The molecule has 1 fully saturated rings. The summed E-state index contributed by atoms with van der Waals surface area (Å²) in [6.45, 7) is 5.98. The molecule has 3 rings (SSSR count). The molecule has 1 saturated heterocycles. The summed E-state index contributed by atoms with van der Waals surface area (Å²) < 4.78 is 38.3. The van der Waals surface area contributed by atoms with Gasteiger partial charge in [-0.05, 0) is 19.9 Å². The molecule has 0 aromatic carbocycles. The number of nitrogens with one attached hydrogen (secondary N) is 1. The fourth-order valence-electron chi connectivity index (χ4n) is 2.90. The van der Waals surface area contributed by atoms with E-state index in [1.54, 1.807) is 4.90 Å². The third kappa shape index (κ3) is 2.51. The Balaban J connectivity index is 1.93. The van der Waals surface area contributed by atoms with Crippen LogP contribution in [0, 0.1) is 0 Å². The molecule has 0 spiro atoms. The van der Waals surface area contributed by atoms with Crippen LogP contribution in [0.4, 0.5) is 24.7 Å². The van der Waals surface area contributed by atoms with Gasteiger partial charge in [0.25, 0.3) is 0 Å². The van der Waals surface area contributed by atoms with Crippen molar-refractivity contribution < 1.29 is 18.0 Å². The van der Waals surface area contributed by atoms with Crippen LogP contribution >= 0.6 is 0 Å². The highest BCUT2D eigenvalue weighted by Crippen LogP contribution is 2.37. The number of alkyl halides is 3. The molecule has 2 aliphatic rings. The second-order valence-electron chi connectivity index (χ2n) is 5.88. The lowest BCUT2D eigenvalue weighted by Gasteiger charge is -2.45. The number of hydrogen-bond acceptors (Lipinski definition) is 4. The van der Waals surface area contributed by atoms with Crippen molar-refractivity contribution in [3.8, 4) is 0 Å². The van der Waals surface area contributed by atoms with Crippen molar-refractivity contribution in [2.24, 2.45) is 0 Å². The molecule has 2 aliphatic heterocycles. The van der Waals surface area contributed by atoms with Crippen molar-refractivity contribution in [2.75, 3.05) is 29.9 Å². The molecular weight excluding hydrogens is 297 g/mol. The Hall–Kier alpha value is -1.83. The van der Waals surface area contributed by atoms with Gasteiger partial charge in [-0.1, -0.05) is 0 Å². The van der Waals surface area contributed by atoms with E-state index < -0.39 is 17.8 Å². The molecule has 120 valence electrons. The first-order valence-electron chi connectivity index (χ1n) is 7.16. The van der Waals surface area contributed by atoms with Crippen molar-refractivity contribution >= 4 is 17.4 Å². The van der Waals surface area contributed by atoms with Crippen molar-refractivity contribution in [3.63, 3.8) is 0 Å². The number of carbonyl (C=O) groups excluding carboxylic acids is 1. The maximum Gasteiger partial charge on any atom is 0.417 e. The Morgan fingerprint density at radius 2 is 2.09 bits per heavy atom. The summed E-state index contributed by atoms with van der Waals surface area (Å²) in [6.07, 6.45) is -3.65. The number of anilines is 2. The Bertz CT molecular complexity index is 602. The van der Waals surface area contributed by atoms with Gasteiger partial charge in [-0.25, -0.2) is 4.98 Å². The zero-order valence-corrected chi connectivity index (χ0v) is 12.3. The number of aromatic nitrogens is 1. The smallest absolute Gasteiger partial charge is 0.340 e. The maximum atomic E-state index is 12.8. The summed E-state index contributed by atoms with van der Waals surface area (Å²) >= 11 is 0. The lowest BCUT2D eigenvalue weighted by molar-refractivity contribution is -0.137. The van der Waals surface area contributed by atoms with Crippen LogP contribution in [-0.4, -0.2) is 47.5 Å². The number of piperazine rings is 1. The van der Waals surface area contributed by atoms with E-state index in [0.29, 0.717) is 24.9 Å². The van der Waals surface area contributed by atoms with Gasteiger partial charge in [-0.15, -0.1) is 0 Å². The van der Waals surface area contributed by atoms with Gasteiger partial charge in [-0.3, -0.25) is 9.69 Å². The highest BCUT2D eigenvalue weighted by atomic mass is 19.4. The first-order valence-corrected chi connectivity index (χ1v) is 7.16. The minimum atomic E-state index is -4.47. The molecule has 0 radical (unpaired) electrons. The predicted molar refractivity (Wildman–Crippen MR) is 75.7 cm³/mol. The second-order valence-corrected chi connectivity index (χ2v) is 5.88. The van der Waals surface area contributed by atoms with Gasteiger partial charge in [0.2, 0.25) is 5.91 Å². The number of amides is 1. The Morgan fingerprint density at radius 3 is 2.73 bits per heavy atom. The first kappa shape index (κ1) is 15.1. The normalized spacial score (nSPS) is 22.4. The highest BCUT2D eigenvalue weighted by Gasteiger charge is 2.40. The minimum absolute atomic E-state index is 0.133. The quantitative estimate of drug-likeness (QED) is 0.861. The van der Waals surface area contributed by atoms with Crippen molar-refractivity contribution in [3.05, 3.63) is 17.8 Å². The van der Waals surface area contributed by atoms with Crippen molar-refractivity contribution in [1.29, 1.82) is 0 Å². The van der Waals surface area contributed by atoms with E-state index >= 15 is 0 Å². The van der Waals surface area contributed by atoms with Gasteiger partial charge in [0.05, 0.1) is 11.3 Å². The van der Waals surface area contributed by atoms with E-state index in [9.17, 15) is 18.0 Å².